The third-order valence-corrected chi connectivity index (χ3v) is 4.23. The van der Waals surface area contributed by atoms with Crippen molar-refractivity contribution in [3.63, 3.8) is 0 Å². The van der Waals surface area contributed by atoms with Crippen LogP contribution < -0.4 is 10.5 Å². The van der Waals surface area contributed by atoms with Crippen molar-refractivity contribution in [2.45, 2.75) is 4.90 Å². The molecule has 0 unspecified atom stereocenters. The molecule has 2 rings (SSSR count). The Kier molecular flexibility index (Phi) is 6.58. The highest BCUT2D eigenvalue weighted by Gasteiger charge is 2.09. The highest BCUT2D eigenvalue weighted by Crippen LogP contribution is 2.14. The van der Waals surface area contributed by atoms with Crippen molar-refractivity contribution in [2.75, 3.05) is 11.9 Å². The molecule has 1 amide bonds. The number of carbonyl (C=O) groups is 2. The third-order valence-electron chi connectivity index (χ3n) is 3.31. The number of anilines is 1. The number of sulfonamides is 1. The number of nitro groups is 1. The van der Waals surface area contributed by atoms with Crippen LogP contribution >= 0.6 is 0 Å². The van der Waals surface area contributed by atoms with E-state index in [9.17, 15) is 28.1 Å². The Balaban J connectivity index is 1.86. The van der Waals surface area contributed by atoms with Crippen LogP contribution in [0.5, 0.6) is 0 Å². The number of nitrogens with one attached hydrogen (secondary N) is 1. The van der Waals surface area contributed by atoms with E-state index >= 15 is 0 Å². The summed E-state index contributed by atoms with van der Waals surface area (Å²) in [6.45, 7) is -0.574. The monoisotopic (exact) mass is 405 g/mol. The van der Waals surface area contributed by atoms with Gasteiger partial charge in [-0.3, -0.25) is 14.9 Å². The van der Waals surface area contributed by atoms with Crippen LogP contribution in [0.1, 0.15) is 5.56 Å². The van der Waals surface area contributed by atoms with Gasteiger partial charge in [0.15, 0.2) is 6.61 Å². The Morgan fingerprint density at radius 3 is 2.46 bits per heavy atom. The number of hydrogen-bond donors (Lipinski definition) is 2. The SMILES string of the molecule is NS(=O)(=O)c1ccc(NC(=O)COC(=O)/C=C/c2cccc([N+](=O)[O-])c2)cc1. The standard InChI is InChI=1S/C17H15N3O7S/c18-28(25,26)15-7-5-13(6-8-15)19-16(21)11-27-17(22)9-4-12-2-1-3-14(10-12)20(23)24/h1-10H,11H2,(H,19,21)(H2,18,25,26)/b9-4+. The van der Waals surface area contributed by atoms with Crippen molar-refractivity contribution in [3.05, 3.63) is 70.3 Å². The first-order valence-electron chi connectivity index (χ1n) is 7.67. The first-order chi connectivity index (χ1) is 13.1. The maximum Gasteiger partial charge on any atom is 0.331 e. The average Bonchev–Trinajstić information content (AvgIpc) is 2.64. The lowest BCUT2D eigenvalue weighted by Gasteiger charge is -2.06. The predicted octanol–water partition coefficient (Wildman–Crippen LogP) is 1.44. The van der Waals surface area contributed by atoms with E-state index in [0.29, 0.717) is 11.3 Å². The number of amides is 1. The quantitative estimate of drug-likeness (QED) is 0.305. The summed E-state index contributed by atoms with van der Waals surface area (Å²) in [5, 5.41) is 18.1. The number of nitrogens with zero attached hydrogens (tertiary/aromatic N) is 1. The third kappa shape index (κ3) is 6.30. The molecular formula is C17H15N3O7S. The lowest BCUT2D eigenvalue weighted by molar-refractivity contribution is -0.384. The van der Waals surface area contributed by atoms with Gasteiger partial charge < -0.3 is 10.1 Å². The number of hydrogen-bond acceptors (Lipinski definition) is 7. The molecule has 0 atom stereocenters. The van der Waals surface area contributed by atoms with Crippen molar-refractivity contribution in [2.24, 2.45) is 5.14 Å². The van der Waals surface area contributed by atoms with Gasteiger partial charge in [-0.25, -0.2) is 18.4 Å². The van der Waals surface area contributed by atoms with E-state index in [0.717, 1.165) is 6.08 Å². The highest BCUT2D eigenvalue weighted by molar-refractivity contribution is 7.89. The largest absolute Gasteiger partial charge is 0.452 e. The second kappa shape index (κ2) is 8.88. The van der Waals surface area contributed by atoms with Gasteiger partial charge in [0.05, 0.1) is 9.82 Å². The molecule has 0 spiro atoms. The van der Waals surface area contributed by atoms with Crippen molar-refractivity contribution in [1.29, 1.82) is 0 Å². The van der Waals surface area contributed by atoms with Crippen molar-refractivity contribution >= 4 is 39.4 Å². The van der Waals surface area contributed by atoms with Crippen molar-refractivity contribution in [1.82, 2.24) is 0 Å². The van der Waals surface area contributed by atoms with Crippen LogP contribution in [0.4, 0.5) is 11.4 Å². The number of non-ortho nitro benzene ring substituents is 1. The van der Waals surface area contributed by atoms with E-state index < -0.39 is 33.4 Å². The predicted molar refractivity (Wildman–Crippen MR) is 99.5 cm³/mol. The van der Waals surface area contributed by atoms with Gasteiger partial charge in [-0.05, 0) is 35.9 Å². The molecule has 11 heteroatoms. The van der Waals surface area contributed by atoms with E-state index in [-0.39, 0.29) is 10.6 Å². The lowest BCUT2D eigenvalue weighted by atomic mass is 10.2. The van der Waals surface area contributed by atoms with E-state index in [1.807, 2.05) is 0 Å². The average molecular weight is 405 g/mol. The van der Waals surface area contributed by atoms with Gasteiger partial charge in [-0.1, -0.05) is 12.1 Å². The van der Waals surface area contributed by atoms with Crippen molar-refractivity contribution in [3.8, 4) is 0 Å². The molecule has 2 aromatic rings. The summed E-state index contributed by atoms with van der Waals surface area (Å²) >= 11 is 0. The number of esters is 1. The number of nitrogens with two attached hydrogens (primary N) is 1. The van der Waals surface area contributed by atoms with Gasteiger partial charge in [0.25, 0.3) is 11.6 Å². The molecule has 10 nitrogen and oxygen atoms in total. The van der Waals surface area contributed by atoms with E-state index in [1.54, 1.807) is 6.07 Å². The Bertz CT molecular complexity index is 1030. The van der Waals surface area contributed by atoms with Gasteiger partial charge >= 0.3 is 5.97 Å². The van der Waals surface area contributed by atoms with Crippen LogP contribution in [0, 0.1) is 10.1 Å². The smallest absolute Gasteiger partial charge is 0.331 e. The molecule has 146 valence electrons. The van der Waals surface area contributed by atoms with E-state index in [2.05, 4.69) is 5.32 Å². The molecule has 3 N–H and O–H groups in total. The Labute approximate surface area is 159 Å². The van der Waals surface area contributed by atoms with Crippen LogP contribution in [0.25, 0.3) is 6.08 Å². The first-order valence-corrected chi connectivity index (χ1v) is 9.22. The summed E-state index contributed by atoms with van der Waals surface area (Å²) in [4.78, 5) is 33.4. The molecule has 2 aromatic carbocycles. The molecule has 0 aliphatic heterocycles. The fourth-order valence-electron chi connectivity index (χ4n) is 2.02. The lowest BCUT2D eigenvalue weighted by Crippen LogP contribution is -2.20. The minimum absolute atomic E-state index is 0.108. The summed E-state index contributed by atoms with van der Waals surface area (Å²) in [6, 6.07) is 10.7. The van der Waals surface area contributed by atoms with Crippen LogP contribution in [0.3, 0.4) is 0 Å². The first kappa shape index (κ1) is 20.7. The second-order valence-electron chi connectivity index (χ2n) is 5.41. The van der Waals surface area contributed by atoms with Crippen molar-refractivity contribution < 1.29 is 27.7 Å². The molecule has 0 bridgehead atoms. The molecule has 0 aromatic heterocycles. The van der Waals surface area contributed by atoms with Crippen LogP contribution in [-0.4, -0.2) is 31.8 Å². The van der Waals surface area contributed by atoms with Crippen LogP contribution in [0.15, 0.2) is 59.5 Å². The molecule has 0 heterocycles. The number of benzene rings is 2. The Morgan fingerprint density at radius 1 is 1.18 bits per heavy atom. The molecule has 0 radical (unpaired) electrons. The number of carbonyl (C=O) groups excluding carboxylic acids is 2. The van der Waals surface area contributed by atoms with Gasteiger partial charge in [-0.2, -0.15) is 0 Å². The summed E-state index contributed by atoms with van der Waals surface area (Å²) in [5.41, 5.74) is 0.592. The van der Waals surface area contributed by atoms with Gasteiger partial charge in [-0.15, -0.1) is 0 Å². The molecular weight excluding hydrogens is 390 g/mol. The zero-order valence-electron chi connectivity index (χ0n) is 14.3. The maximum absolute atomic E-state index is 11.8. The normalized spacial score (nSPS) is 11.2. The molecule has 0 fully saturated rings. The molecule has 0 saturated carbocycles. The van der Waals surface area contributed by atoms with E-state index in [4.69, 9.17) is 9.88 Å². The number of nitro benzene ring substituents is 1. The number of primary sulfonamides is 1. The fraction of sp³-hybridized carbons (Fsp3) is 0.0588. The minimum Gasteiger partial charge on any atom is -0.452 e. The maximum atomic E-state index is 11.8. The summed E-state index contributed by atoms with van der Waals surface area (Å²) in [5.74, 6) is -1.45. The van der Waals surface area contributed by atoms with Gasteiger partial charge in [0.1, 0.15) is 0 Å². The van der Waals surface area contributed by atoms with Gasteiger partial charge in [0, 0.05) is 23.9 Å². The second-order valence-corrected chi connectivity index (χ2v) is 6.97. The van der Waals surface area contributed by atoms with E-state index in [1.165, 1.54) is 48.5 Å². The Hall–Kier alpha value is -3.57. The van der Waals surface area contributed by atoms with Crippen LogP contribution in [0.2, 0.25) is 0 Å². The molecule has 28 heavy (non-hydrogen) atoms. The zero-order valence-corrected chi connectivity index (χ0v) is 15.1. The summed E-state index contributed by atoms with van der Waals surface area (Å²) in [6.07, 6.45) is 2.35. The van der Waals surface area contributed by atoms with Crippen LogP contribution in [-0.2, 0) is 24.3 Å². The molecule has 0 saturated heterocycles. The topological polar surface area (TPSA) is 159 Å². The van der Waals surface area contributed by atoms with Gasteiger partial charge in [0.2, 0.25) is 10.0 Å². The number of ether oxygens (including phenoxy) is 1. The summed E-state index contributed by atoms with van der Waals surface area (Å²) < 4.78 is 27.1. The molecule has 0 aliphatic carbocycles. The highest BCUT2D eigenvalue weighted by atomic mass is 32.2. The minimum atomic E-state index is -3.83. The Morgan fingerprint density at radius 2 is 1.86 bits per heavy atom. The number of rotatable bonds is 7. The summed E-state index contributed by atoms with van der Waals surface area (Å²) in [7, 11) is -3.83. The zero-order chi connectivity index (χ0) is 20.7. The molecule has 0 aliphatic rings. The fourth-order valence-corrected chi connectivity index (χ4v) is 2.53.